The van der Waals surface area contributed by atoms with E-state index in [0.29, 0.717) is 12.0 Å². The maximum absolute atomic E-state index is 2.45. The first-order chi connectivity index (χ1) is 20.1. The molecule has 0 fully saturated rings. The Morgan fingerprint density at radius 2 is 1.15 bits per heavy atom. The molecule has 2 aliphatic carbocycles. The van der Waals surface area contributed by atoms with Gasteiger partial charge in [0, 0.05) is 28.4 Å². The standard InChI is InChI=1S/C39H38N2/c1-29-11-10-16-38(27-29)40(34-12-6-4-7-13-34)36-23-18-32(19-24-36)33-20-25-37(26-21-33)41(35-14-8-5-9-15-35)39-22-17-30(2)31(3)28-39/h4-15,18-28,30,38H,16-17H2,1-3H3. The van der Waals surface area contributed by atoms with E-state index in [-0.39, 0.29) is 0 Å². The molecule has 0 aromatic heterocycles. The third kappa shape index (κ3) is 5.83. The second-order valence-corrected chi connectivity index (χ2v) is 11.2. The van der Waals surface area contributed by atoms with Gasteiger partial charge < -0.3 is 9.80 Å². The predicted molar refractivity (Wildman–Crippen MR) is 176 cm³/mol. The molecule has 0 aliphatic heterocycles. The van der Waals surface area contributed by atoms with Crippen LogP contribution in [0.2, 0.25) is 0 Å². The van der Waals surface area contributed by atoms with Crippen molar-refractivity contribution in [3.8, 4) is 11.1 Å². The first-order valence-electron chi connectivity index (χ1n) is 14.7. The van der Waals surface area contributed by atoms with Crippen molar-refractivity contribution >= 4 is 22.7 Å². The fourth-order valence-electron chi connectivity index (χ4n) is 5.84. The van der Waals surface area contributed by atoms with Gasteiger partial charge in [0.2, 0.25) is 0 Å². The van der Waals surface area contributed by atoms with Gasteiger partial charge in [-0.25, -0.2) is 0 Å². The summed E-state index contributed by atoms with van der Waals surface area (Å²) in [4.78, 5) is 4.82. The van der Waals surface area contributed by atoms with Gasteiger partial charge >= 0.3 is 0 Å². The summed E-state index contributed by atoms with van der Waals surface area (Å²) >= 11 is 0. The fraction of sp³-hybridized carbons (Fsp3) is 0.179. The Morgan fingerprint density at radius 3 is 1.73 bits per heavy atom. The Morgan fingerprint density at radius 1 is 0.610 bits per heavy atom. The van der Waals surface area contributed by atoms with E-state index >= 15 is 0 Å². The van der Waals surface area contributed by atoms with Crippen LogP contribution >= 0.6 is 0 Å². The van der Waals surface area contributed by atoms with E-state index in [2.05, 4.69) is 170 Å². The lowest BCUT2D eigenvalue weighted by atomic mass is 9.92. The first kappa shape index (κ1) is 26.7. The van der Waals surface area contributed by atoms with E-state index in [9.17, 15) is 0 Å². The molecule has 0 bridgehead atoms. The summed E-state index contributed by atoms with van der Waals surface area (Å²) < 4.78 is 0. The molecule has 2 atom stereocenters. The maximum Gasteiger partial charge on any atom is 0.0562 e. The molecule has 0 amide bonds. The molecule has 2 nitrogen and oxygen atoms in total. The molecule has 0 spiro atoms. The molecule has 0 radical (unpaired) electrons. The molecule has 2 unspecified atom stereocenters. The van der Waals surface area contributed by atoms with Gasteiger partial charge in [-0.2, -0.15) is 0 Å². The van der Waals surface area contributed by atoms with Gasteiger partial charge in [-0.05, 0) is 98.3 Å². The second-order valence-electron chi connectivity index (χ2n) is 11.2. The maximum atomic E-state index is 2.45. The topological polar surface area (TPSA) is 6.48 Å². The Bertz CT molecular complexity index is 1590. The fourth-order valence-corrected chi connectivity index (χ4v) is 5.84. The number of hydrogen-bond acceptors (Lipinski definition) is 2. The van der Waals surface area contributed by atoms with E-state index < -0.39 is 0 Å². The molecular weight excluding hydrogens is 496 g/mol. The number of allylic oxidation sites excluding steroid dienone is 5. The van der Waals surface area contributed by atoms with Crippen molar-refractivity contribution in [3.05, 3.63) is 156 Å². The Balaban J connectivity index is 1.29. The minimum Gasteiger partial charge on any atom is -0.334 e. The van der Waals surface area contributed by atoms with Gasteiger partial charge in [-0.3, -0.25) is 0 Å². The number of anilines is 4. The molecule has 0 N–H and O–H groups in total. The highest BCUT2D eigenvalue weighted by Gasteiger charge is 2.21. The third-order valence-electron chi connectivity index (χ3n) is 8.29. The highest BCUT2D eigenvalue weighted by atomic mass is 15.2. The monoisotopic (exact) mass is 534 g/mol. The van der Waals surface area contributed by atoms with Crippen molar-refractivity contribution in [2.75, 3.05) is 9.80 Å². The highest BCUT2D eigenvalue weighted by molar-refractivity contribution is 5.75. The van der Waals surface area contributed by atoms with Crippen LogP contribution in [0.3, 0.4) is 0 Å². The molecule has 204 valence electrons. The summed E-state index contributed by atoms with van der Waals surface area (Å²) in [5.74, 6) is 0.592. The van der Waals surface area contributed by atoms with Crippen LogP contribution in [0, 0.1) is 5.92 Å². The summed E-state index contributed by atoms with van der Waals surface area (Å²) in [5, 5.41) is 0. The van der Waals surface area contributed by atoms with Crippen LogP contribution in [-0.2, 0) is 0 Å². The number of nitrogens with zero attached hydrogens (tertiary/aromatic N) is 2. The molecule has 41 heavy (non-hydrogen) atoms. The lowest BCUT2D eigenvalue weighted by molar-refractivity contribution is 0.679. The number of para-hydroxylation sites is 2. The van der Waals surface area contributed by atoms with Crippen molar-refractivity contribution < 1.29 is 0 Å². The van der Waals surface area contributed by atoms with Crippen molar-refractivity contribution in [1.29, 1.82) is 0 Å². The third-order valence-corrected chi connectivity index (χ3v) is 8.29. The summed E-state index contributed by atoms with van der Waals surface area (Å²) in [6.07, 6.45) is 13.6. The van der Waals surface area contributed by atoms with Gasteiger partial charge in [0.05, 0.1) is 6.04 Å². The lowest BCUT2D eigenvalue weighted by Gasteiger charge is -2.33. The van der Waals surface area contributed by atoms with Gasteiger partial charge in [0.1, 0.15) is 0 Å². The molecule has 2 heteroatoms. The van der Waals surface area contributed by atoms with Crippen LogP contribution in [0.25, 0.3) is 11.1 Å². The van der Waals surface area contributed by atoms with Crippen LogP contribution in [0.1, 0.15) is 33.6 Å². The zero-order valence-electron chi connectivity index (χ0n) is 24.2. The summed E-state index contributed by atoms with van der Waals surface area (Å²) in [5.41, 5.74) is 11.2. The Hall–Kier alpha value is -4.56. The van der Waals surface area contributed by atoms with Crippen molar-refractivity contribution in [3.63, 3.8) is 0 Å². The van der Waals surface area contributed by atoms with Gasteiger partial charge in [-0.15, -0.1) is 0 Å². The molecule has 6 rings (SSSR count). The molecule has 4 aromatic carbocycles. The molecule has 0 saturated heterocycles. The van der Waals surface area contributed by atoms with Crippen LogP contribution in [0.4, 0.5) is 22.7 Å². The van der Waals surface area contributed by atoms with Gasteiger partial charge in [-0.1, -0.05) is 103 Å². The molecule has 2 aliphatic rings. The molecule has 4 aromatic rings. The van der Waals surface area contributed by atoms with E-state index in [1.54, 1.807) is 0 Å². The highest BCUT2D eigenvalue weighted by Crippen LogP contribution is 2.37. The van der Waals surface area contributed by atoms with E-state index in [4.69, 9.17) is 0 Å². The predicted octanol–water partition coefficient (Wildman–Crippen LogP) is 10.8. The second kappa shape index (κ2) is 11.9. The quantitative estimate of drug-likeness (QED) is 0.233. The largest absolute Gasteiger partial charge is 0.334 e. The van der Waals surface area contributed by atoms with E-state index in [0.717, 1.165) is 12.8 Å². The zero-order valence-corrected chi connectivity index (χ0v) is 24.2. The van der Waals surface area contributed by atoms with Crippen molar-refractivity contribution in [2.45, 2.75) is 39.7 Å². The van der Waals surface area contributed by atoms with Crippen LogP contribution in [0.5, 0.6) is 0 Å². The normalized spacial score (nSPS) is 18.3. The van der Waals surface area contributed by atoms with Crippen LogP contribution in [0.15, 0.2) is 156 Å². The molecular formula is C39H38N2. The average molecular weight is 535 g/mol. The SMILES string of the molecule is CC1=CC(N(c2ccccc2)c2ccc(-c3ccc(N(C4=CCC(C)C(C)=C4)c4ccccc4)cc3)cc2)CC=C1. The Kier molecular flexibility index (Phi) is 7.73. The van der Waals surface area contributed by atoms with Crippen LogP contribution in [-0.4, -0.2) is 6.04 Å². The zero-order chi connectivity index (χ0) is 28.2. The minimum atomic E-state index is 0.297. The van der Waals surface area contributed by atoms with Crippen LogP contribution < -0.4 is 9.80 Å². The number of rotatable bonds is 7. The number of hydrogen-bond donors (Lipinski definition) is 0. The van der Waals surface area contributed by atoms with Crippen molar-refractivity contribution in [2.24, 2.45) is 5.92 Å². The lowest BCUT2D eigenvalue weighted by Crippen LogP contribution is -2.30. The van der Waals surface area contributed by atoms with Crippen molar-refractivity contribution in [1.82, 2.24) is 0 Å². The van der Waals surface area contributed by atoms with E-state index in [1.807, 2.05) is 0 Å². The average Bonchev–Trinajstić information content (AvgIpc) is 3.01. The minimum absolute atomic E-state index is 0.297. The van der Waals surface area contributed by atoms with Gasteiger partial charge in [0.25, 0.3) is 0 Å². The summed E-state index contributed by atoms with van der Waals surface area (Å²) in [7, 11) is 0. The number of benzene rings is 4. The summed E-state index contributed by atoms with van der Waals surface area (Å²) in [6, 6.07) is 39.7. The van der Waals surface area contributed by atoms with E-state index in [1.165, 1.54) is 50.7 Å². The summed E-state index contributed by atoms with van der Waals surface area (Å²) in [6.45, 7) is 6.73. The Labute approximate surface area is 245 Å². The molecule has 0 heterocycles. The smallest absolute Gasteiger partial charge is 0.0562 e. The molecule has 0 saturated carbocycles. The van der Waals surface area contributed by atoms with Gasteiger partial charge in [0.15, 0.2) is 0 Å². The first-order valence-corrected chi connectivity index (χ1v) is 14.7.